The third kappa shape index (κ3) is 1.22. The maximum atomic E-state index is 11.2. The van der Waals surface area contributed by atoms with Gasteiger partial charge in [0.25, 0.3) is 0 Å². The Bertz CT molecular complexity index is 490. The first-order valence-electron chi connectivity index (χ1n) is 4.11. The Morgan fingerprint density at radius 1 is 1.57 bits per heavy atom. The molecule has 0 amide bonds. The number of carbonyl (C=O) groups excluding carboxylic acids is 1. The largest absolute Gasteiger partial charge is 0.464 e. The molecule has 0 saturated carbocycles. The van der Waals surface area contributed by atoms with Gasteiger partial charge in [-0.1, -0.05) is 0 Å². The van der Waals surface area contributed by atoms with Crippen molar-refractivity contribution < 1.29 is 9.53 Å². The molecule has 5 nitrogen and oxygen atoms in total. The first-order valence-corrected chi connectivity index (χ1v) is 4.11. The Labute approximate surface area is 80.1 Å². The minimum absolute atomic E-state index is 0.282. The topological polar surface area (TPSA) is 67.9 Å². The molecule has 0 fully saturated rings. The molecule has 2 aromatic rings. The van der Waals surface area contributed by atoms with Crippen LogP contribution in [0.25, 0.3) is 11.2 Å². The lowest BCUT2D eigenvalue weighted by atomic mass is 10.2. The quantitative estimate of drug-likeness (QED) is 0.684. The Morgan fingerprint density at radius 3 is 3.07 bits per heavy atom. The zero-order valence-corrected chi connectivity index (χ0v) is 7.87. The van der Waals surface area contributed by atoms with E-state index < -0.39 is 5.97 Å². The van der Waals surface area contributed by atoms with Crippen LogP contribution in [0.15, 0.2) is 12.4 Å². The van der Waals surface area contributed by atoms with E-state index in [4.69, 9.17) is 0 Å². The fraction of sp³-hybridized carbons (Fsp3) is 0.222. The average molecular weight is 191 g/mol. The lowest BCUT2D eigenvalue weighted by Gasteiger charge is -2.00. The van der Waals surface area contributed by atoms with E-state index in [-0.39, 0.29) is 5.69 Å². The standard InChI is InChI=1S/C9H9N3O2/c1-5-3-6(9(13)14-2)12-8-7(5)10-4-11-8/h3-4H,1-2H3,(H,10,11,12). The second-order valence-electron chi connectivity index (χ2n) is 2.92. The van der Waals surface area contributed by atoms with E-state index in [0.717, 1.165) is 11.1 Å². The van der Waals surface area contributed by atoms with Gasteiger partial charge in [-0.15, -0.1) is 0 Å². The van der Waals surface area contributed by atoms with Gasteiger partial charge in [-0.2, -0.15) is 0 Å². The maximum Gasteiger partial charge on any atom is 0.356 e. The van der Waals surface area contributed by atoms with Gasteiger partial charge in [-0.25, -0.2) is 14.8 Å². The van der Waals surface area contributed by atoms with Crippen LogP contribution in [0.1, 0.15) is 16.1 Å². The molecular formula is C9H9N3O2. The van der Waals surface area contributed by atoms with Crippen LogP contribution in [-0.4, -0.2) is 28.0 Å². The fourth-order valence-electron chi connectivity index (χ4n) is 1.29. The second-order valence-corrected chi connectivity index (χ2v) is 2.92. The van der Waals surface area contributed by atoms with Gasteiger partial charge >= 0.3 is 5.97 Å². The van der Waals surface area contributed by atoms with Gasteiger partial charge < -0.3 is 9.72 Å². The molecule has 0 aliphatic heterocycles. The zero-order chi connectivity index (χ0) is 10.1. The SMILES string of the molecule is COC(=O)c1cc(C)c2[nH]cnc2n1. The number of aryl methyl sites for hydroxylation is 1. The highest BCUT2D eigenvalue weighted by Gasteiger charge is 2.11. The summed E-state index contributed by atoms with van der Waals surface area (Å²) < 4.78 is 4.58. The highest BCUT2D eigenvalue weighted by molar-refractivity contribution is 5.90. The van der Waals surface area contributed by atoms with Crippen molar-refractivity contribution >= 4 is 17.1 Å². The van der Waals surface area contributed by atoms with Crippen LogP contribution in [0.3, 0.4) is 0 Å². The molecule has 72 valence electrons. The number of fused-ring (bicyclic) bond motifs is 1. The van der Waals surface area contributed by atoms with E-state index in [0.29, 0.717) is 5.65 Å². The Hall–Kier alpha value is -1.91. The zero-order valence-electron chi connectivity index (χ0n) is 7.87. The number of hydrogen-bond acceptors (Lipinski definition) is 4. The predicted octanol–water partition coefficient (Wildman–Crippen LogP) is 1.05. The summed E-state index contributed by atoms with van der Waals surface area (Å²) in [6, 6.07) is 1.67. The Balaban J connectivity index is 2.64. The number of methoxy groups -OCH3 is 1. The lowest BCUT2D eigenvalue weighted by Crippen LogP contribution is -2.04. The van der Waals surface area contributed by atoms with Crippen LogP contribution in [0.5, 0.6) is 0 Å². The van der Waals surface area contributed by atoms with E-state index in [2.05, 4.69) is 19.7 Å². The van der Waals surface area contributed by atoms with E-state index in [1.165, 1.54) is 7.11 Å². The smallest absolute Gasteiger partial charge is 0.356 e. The number of hydrogen-bond donors (Lipinski definition) is 1. The summed E-state index contributed by atoms with van der Waals surface area (Å²) in [4.78, 5) is 22.2. The summed E-state index contributed by atoms with van der Waals surface area (Å²) in [7, 11) is 1.33. The molecule has 2 rings (SSSR count). The number of aromatic amines is 1. The van der Waals surface area contributed by atoms with Crippen LogP contribution < -0.4 is 0 Å². The van der Waals surface area contributed by atoms with Gasteiger partial charge in [-0.3, -0.25) is 0 Å². The van der Waals surface area contributed by atoms with Crippen LogP contribution >= 0.6 is 0 Å². The fourth-order valence-corrected chi connectivity index (χ4v) is 1.29. The third-order valence-electron chi connectivity index (χ3n) is 1.99. The van der Waals surface area contributed by atoms with Crippen molar-refractivity contribution in [2.75, 3.05) is 7.11 Å². The second kappa shape index (κ2) is 3.10. The van der Waals surface area contributed by atoms with E-state index >= 15 is 0 Å². The summed E-state index contributed by atoms with van der Waals surface area (Å²) >= 11 is 0. The number of esters is 1. The summed E-state index contributed by atoms with van der Waals surface area (Å²) in [6.07, 6.45) is 1.55. The Kier molecular flexibility index (Phi) is 1.92. The molecule has 1 N–H and O–H groups in total. The molecule has 0 bridgehead atoms. The number of aromatic nitrogens is 3. The van der Waals surface area contributed by atoms with Gasteiger partial charge in [0.05, 0.1) is 19.0 Å². The molecule has 0 aliphatic carbocycles. The van der Waals surface area contributed by atoms with E-state index in [1.807, 2.05) is 6.92 Å². The molecule has 5 heteroatoms. The third-order valence-corrected chi connectivity index (χ3v) is 1.99. The summed E-state index contributed by atoms with van der Waals surface area (Å²) in [5.74, 6) is -0.446. The molecule has 0 spiro atoms. The van der Waals surface area contributed by atoms with Crippen LogP contribution in [0.4, 0.5) is 0 Å². The number of nitrogens with zero attached hydrogens (tertiary/aromatic N) is 2. The number of nitrogens with one attached hydrogen (secondary N) is 1. The van der Waals surface area contributed by atoms with Gasteiger partial charge in [0, 0.05) is 0 Å². The van der Waals surface area contributed by atoms with Gasteiger partial charge in [0.2, 0.25) is 0 Å². The van der Waals surface area contributed by atoms with E-state index in [1.54, 1.807) is 12.4 Å². The van der Waals surface area contributed by atoms with Crippen molar-refractivity contribution in [1.29, 1.82) is 0 Å². The molecule has 0 unspecified atom stereocenters. The molecule has 14 heavy (non-hydrogen) atoms. The first-order chi connectivity index (χ1) is 6.72. The lowest BCUT2D eigenvalue weighted by molar-refractivity contribution is 0.0594. The number of carbonyl (C=O) groups is 1. The number of imidazole rings is 1. The summed E-state index contributed by atoms with van der Waals surface area (Å²) in [5.41, 5.74) is 2.58. The number of pyridine rings is 1. The molecule has 2 aromatic heterocycles. The van der Waals surface area contributed by atoms with Crippen molar-refractivity contribution in [2.45, 2.75) is 6.92 Å². The van der Waals surface area contributed by atoms with Crippen molar-refractivity contribution in [3.05, 3.63) is 23.7 Å². The van der Waals surface area contributed by atoms with Gasteiger partial charge in [-0.05, 0) is 18.6 Å². The molecule has 0 atom stereocenters. The maximum absolute atomic E-state index is 11.2. The molecule has 0 saturated heterocycles. The van der Waals surface area contributed by atoms with E-state index in [9.17, 15) is 4.79 Å². The van der Waals surface area contributed by atoms with Gasteiger partial charge in [0.15, 0.2) is 11.3 Å². The summed E-state index contributed by atoms with van der Waals surface area (Å²) in [5, 5.41) is 0. The normalized spacial score (nSPS) is 10.4. The first kappa shape index (κ1) is 8.68. The molecule has 0 aromatic carbocycles. The van der Waals surface area contributed by atoms with Crippen LogP contribution in [0, 0.1) is 6.92 Å². The van der Waals surface area contributed by atoms with Crippen LogP contribution in [-0.2, 0) is 4.74 Å². The van der Waals surface area contributed by atoms with Crippen LogP contribution in [0.2, 0.25) is 0 Å². The monoisotopic (exact) mass is 191 g/mol. The number of H-pyrrole nitrogens is 1. The molecule has 0 radical (unpaired) electrons. The van der Waals surface area contributed by atoms with Gasteiger partial charge in [0.1, 0.15) is 0 Å². The van der Waals surface area contributed by atoms with Crippen molar-refractivity contribution in [3.8, 4) is 0 Å². The minimum atomic E-state index is -0.446. The minimum Gasteiger partial charge on any atom is -0.464 e. The Morgan fingerprint density at radius 2 is 2.36 bits per heavy atom. The molecular weight excluding hydrogens is 182 g/mol. The predicted molar refractivity (Wildman–Crippen MR) is 50.0 cm³/mol. The molecule has 0 aliphatic rings. The van der Waals surface area contributed by atoms with Crippen molar-refractivity contribution in [1.82, 2.24) is 15.0 Å². The number of ether oxygens (including phenoxy) is 1. The summed E-state index contributed by atoms with van der Waals surface area (Å²) in [6.45, 7) is 1.88. The highest BCUT2D eigenvalue weighted by atomic mass is 16.5. The average Bonchev–Trinajstić information content (AvgIpc) is 2.64. The molecule has 2 heterocycles. The van der Waals surface area contributed by atoms with Crippen molar-refractivity contribution in [3.63, 3.8) is 0 Å². The highest BCUT2D eigenvalue weighted by Crippen LogP contribution is 2.13. The number of rotatable bonds is 1. The van der Waals surface area contributed by atoms with Crippen molar-refractivity contribution in [2.24, 2.45) is 0 Å².